The highest BCUT2D eigenvalue weighted by molar-refractivity contribution is 5.76. The van der Waals surface area contributed by atoms with Gasteiger partial charge in [-0.15, -0.1) is 0 Å². The van der Waals surface area contributed by atoms with Gasteiger partial charge in [0, 0.05) is 81.9 Å². The molecule has 5 heterocycles. The molecule has 2 N–H and O–H groups in total. The van der Waals surface area contributed by atoms with E-state index in [1.165, 1.54) is 25.7 Å². The van der Waals surface area contributed by atoms with Gasteiger partial charge in [-0.3, -0.25) is 9.88 Å². The summed E-state index contributed by atoms with van der Waals surface area (Å²) in [6.07, 6.45) is 9.31. The maximum atomic E-state index is 9.89. The number of hydrogen-bond donors (Lipinski definition) is 2. The number of anilines is 2. The van der Waals surface area contributed by atoms with Gasteiger partial charge in [0.1, 0.15) is 17.7 Å². The predicted octanol–water partition coefficient (Wildman–Crippen LogP) is 3.79. The van der Waals surface area contributed by atoms with E-state index in [-0.39, 0.29) is 0 Å². The van der Waals surface area contributed by atoms with Gasteiger partial charge < -0.3 is 20.1 Å². The molecule has 192 valence electrons. The summed E-state index contributed by atoms with van der Waals surface area (Å²) < 4.78 is 0. The van der Waals surface area contributed by atoms with Crippen LogP contribution in [-0.2, 0) is 0 Å². The number of pyridine rings is 2. The van der Waals surface area contributed by atoms with Gasteiger partial charge in [-0.25, -0.2) is 4.98 Å². The Balaban J connectivity index is 1.19. The van der Waals surface area contributed by atoms with E-state index in [2.05, 4.69) is 54.3 Å². The lowest BCUT2D eigenvalue weighted by molar-refractivity contribution is 0.187. The Hall–Kier alpha value is -3.41. The fourth-order valence-corrected chi connectivity index (χ4v) is 6.18. The molecule has 8 nitrogen and oxygen atoms in total. The summed E-state index contributed by atoms with van der Waals surface area (Å²) in [5.41, 5.74) is 5.62. The predicted molar refractivity (Wildman–Crippen MR) is 148 cm³/mol. The fraction of sp³-hybridized carbons (Fsp3) is 0.483. The van der Waals surface area contributed by atoms with Gasteiger partial charge in [-0.2, -0.15) is 5.26 Å². The SMILES string of the molecule is Cc1c(-c2ccnc(-c3ccc(N4CCN(C5CCCC5)CC4)nc3)c2)[nH]c(N2CCNCC2)c1C#N. The minimum Gasteiger partial charge on any atom is -0.355 e. The molecule has 0 unspecified atom stereocenters. The van der Waals surface area contributed by atoms with Gasteiger partial charge in [0.15, 0.2) is 0 Å². The van der Waals surface area contributed by atoms with Gasteiger partial charge in [0.05, 0.1) is 17.0 Å². The third-order valence-corrected chi connectivity index (χ3v) is 8.35. The molecule has 1 saturated carbocycles. The monoisotopic (exact) mass is 496 g/mol. The molecule has 0 aromatic carbocycles. The molecule has 0 radical (unpaired) electrons. The molecule has 0 amide bonds. The van der Waals surface area contributed by atoms with E-state index >= 15 is 0 Å². The van der Waals surface area contributed by atoms with Crippen molar-refractivity contribution < 1.29 is 0 Å². The Morgan fingerprint density at radius 1 is 0.919 bits per heavy atom. The standard InChI is InChI=1S/C29H36N8/c1-21-25(19-30)29(37-12-10-31-11-13-37)34-28(21)22-8-9-32-26(18-22)23-6-7-27(33-20-23)36-16-14-35(15-17-36)24-4-2-3-5-24/h6-9,18,20,24,31,34H,2-5,10-17H2,1H3. The molecule has 37 heavy (non-hydrogen) atoms. The number of nitrogens with one attached hydrogen (secondary N) is 2. The van der Waals surface area contributed by atoms with Crippen LogP contribution in [0, 0.1) is 18.3 Å². The van der Waals surface area contributed by atoms with Gasteiger partial charge in [0.2, 0.25) is 0 Å². The van der Waals surface area contributed by atoms with Gasteiger partial charge in [0.25, 0.3) is 0 Å². The molecule has 0 atom stereocenters. The van der Waals surface area contributed by atoms with Crippen LogP contribution in [0.4, 0.5) is 11.6 Å². The molecular weight excluding hydrogens is 460 g/mol. The lowest BCUT2D eigenvalue weighted by Gasteiger charge is -2.38. The number of nitrogens with zero attached hydrogens (tertiary/aromatic N) is 6. The highest BCUT2D eigenvalue weighted by Gasteiger charge is 2.26. The molecular formula is C29H36N8. The zero-order chi connectivity index (χ0) is 25.2. The molecule has 3 aliphatic rings. The second-order valence-electron chi connectivity index (χ2n) is 10.5. The summed E-state index contributed by atoms with van der Waals surface area (Å²) in [6.45, 7) is 10.0. The molecule has 8 heteroatoms. The maximum absolute atomic E-state index is 9.89. The second-order valence-corrected chi connectivity index (χ2v) is 10.5. The van der Waals surface area contributed by atoms with E-state index in [0.717, 1.165) is 104 Å². The largest absolute Gasteiger partial charge is 0.355 e. The summed E-state index contributed by atoms with van der Waals surface area (Å²) >= 11 is 0. The van der Waals surface area contributed by atoms with Crippen molar-refractivity contribution in [2.75, 3.05) is 62.2 Å². The maximum Gasteiger partial charge on any atom is 0.128 e. The molecule has 0 spiro atoms. The van der Waals surface area contributed by atoms with Crippen molar-refractivity contribution in [1.29, 1.82) is 5.26 Å². The van der Waals surface area contributed by atoms with Crippen molar-refractivity contribution in [3.63, 3.8) is 0 Å². The molecule has 2 saturated heterocycles. The third kappa shape index (κ3) is 4.81. The number of rotatable bonds is 5. The first kappa shape index (κ1) is 24.0. The van der Waals surface area contributed by atoms with Gasteiger partial charge >= 0.3 is 0 Å². The Morgan fingerprint density at radius 2 is 1.70 bits per heavy atom. The molecule has 0 bridgehead atoms. The topological polar surface area (TPSA) is 87.1 Å². The first-order valence-corrected chi connectivity index (χ1v) is 13.7. The Labute approximate surface area is 219 Å². The lowest BCUT2D eigenvalue weighted by Crippen LogP contribution is -2.49. The van der Waals surface area contributed by atoms with E-state index in [1.807, 2.05) is 25.4 Å². The van der Waals surface area contributed by atoms with Crippen molar-refractivity contribution in [2.45, 2.75) is 38.6 Å². The van der Waals surface area contributed by atoms with E-state index in [1.54, 1.807) is 0 Å². The Bertz CT molecular complexity index is 1250. The fourth-order valence-electron chi connectivity index (χ4n) is 6.18. The third-order valence-electron chi connectivity index (χ3n) is 8.35. The number of aromatic nitrogens is 3. The van der Waals surface area contributed by atoms with Crippen molar-refractivity contribution >= 4 is 11.6 Å². The van der Waals surface area contributed by atoms with E-state index in [0.29, 0.717) is 0 Å². The van der Waals surface area contributed by atoms with Crippen LogP contribution >= 0.6 is 0 Å². The molecule has 6 rings (SSSR count). The molecule has 3 aromatic heterocycles. The first-order valence-electron chi connectivity index (χ1n) is 13.7. The Kier molecular flexibility index (Phi) is 6.81. The lowest BCUT2D eigenvalue weighted by atomic mass is 10.0. The second kappa shape index (κ2) is 10.5. The quantitative estimate of drug-likeness (QED) is 0.556. The van der Waals surface area contributed by atoms with Crippen molar-refractivity contribution in [3.05, 3.63) is 47.8 Å². The van der Waals surface area contributed by atoms with Crippen LogP contribution < -0.4 is 15.1 Å². The van der Waals surface area contributed by atoms with Gasteiger partial charge in [-0.05, 0) is 49.6 Å². The highest BCUT2D eigenvalue weighted by atomic mass is 15.3. The molecule has 3 fully saturated rings. The van der Waals surface area contributed by atoms with E-state index in [4.69, 9.17) is 4.98 Å². The zero-order valence-corrected chi connectivity index (χ0v) is 21.7. The number of piperazine rings is 2. The average Bonchev–Trinajstić information content (AvgIpc) is 3.62. The van der Waals surface area contributed by atoms with E-state index in [9.17, 15) is 5.26 Å². The Morgan fingerprint density at radius 3 is 2.41 bits per heavy atom. The smallest absolute Gasteiger partial charge is 0.128 e. The number of H-pyrrole nitrogens is 1. The summed E-state index contributed by atoms with van der Waals surface area (Å²) in [5.74, 6) is 1.97. The molecule has 2 aliphatic heterocycles. The van der Waals surface area contributed by atoms with Crippen molar-refractivity contribution in [1.82, 2.24) is 25.2 Å². The van der Waals surface area contributed by atoms with Crippen LogP contribution in [-0.4, -0.2) is 78.3 Å². The summed E-state index contributed by atoms with van der Waals surface area (Å²) in [7, 11) is 0. The zero-order valence-electron chi connectivity index (χ0n) is 21.7. The van der Waals surface area contributed by atoms with Crippen LogP contribution in [0.5, 0.6) is 0 Å². The van der Waals surface area contributed by atoms with Crippen LogP contribution in [0.25, 0.3) is 22.5 Å². The molecule has 3 aromatic rings. The highest BCUT2D eigenvalue weighted by Crippen LogP contribution is 2.34. The summed E-state index contributed by atoms with van der Waals surface area (Å²) in [5, 5.41) is 13.3. The van der Waals surface area contributed by atoms with Crippen LogP contribution in [0.1, 0.15) is 36.8 Å². The van der Waals surface area contributed by atoms with Crippen LogP contribution in [0.15, 0.2) is 36.7 Å². The minimum atomic E-state index is 0.731. The molecule has 1 aliphatic carbocycles. The van der Waals surface area contributed by atoms with Crippen molar-refractivity contribution in [2.24, 2.45) is 0 Å². The first-order chi connectivity index (χ1) is 18.2. The number of nitriles is 1. The summed E-state index contributed by atoms with van der Waals surface area (Å²) in [6, 6.07) is 11.6. The van der Waals surface area contributed by atoms with Crippen molar-refractivity contribution in [3.8, 4) is 28.6 Å². The van der Waals surface area contributed by atoms with E-state index < -0.39 is 0 Å². The average molecular weight is 497 g/mol. The summed E-state index contributed by atoms with van der Waals surface area (Å²) in [4.78, 5) is 20.4. The van der Waals surface area contributed by atoms with Crippen LogP contribution in [0.3, 0.4) is 0 Å². The number of aromatic amines is 1. The van der Waals surface area contributed by atoms with Crippen LogP contribution in [0.2, 0.25) is 0 Å². The normalized spacial score (nSPS) is 19.4. The number of hydrogen-bond acceptors (Lipinski definition) is 7. The van der Waals surface area contributed by atoms with Gasteiger partial charge in [-0.1, -0.05) is 12.8 Å². The minimum absolute atomic E-state index is 0.731.